The third-order valence-corrected chi connectivity index (χ3v) is 4.22. The summed E-state index contributed by atoms with van der Waals surface area (Å²) in [5.41, 5.74) is 4.09. The molecule has 0 aromatic carbocycles. The zero-order chi connectivity index (χ0) is 12.0. The van der Waals surface area contributed by atoms with Crippen LogP contribution in [0.2, 0.25) is 0 Å². The summed E-state index contributed by atoms with van der Waals surface area (Å²) in [6, 6.07) is 0. The summed E-state index contributed by atoms with van der Waals surface area (Å²) in [4.78, 5) is 0. The molecule has 0 fully saturated rings. The second-order valence-corrected chi connectivity index (χ2v) is 6.11. The SMILES string of the molecule is CC(C)(/C1=C/C=N\NCCCCC1)[S@+](N)[O-]. The molecule has 0 amide bonds. The molecule has 0 aromatic heterocycles. The molecule has 1 rings (SSSR count). The van der Waals surface area contributed by atoms with Crippen LogP contribution in [0, 0.1) is 0 Å². The van der Waals surface area contributed by atoms with Crippen LogP contribution in [0.5, 0.6) is 0 Å². The van der Waals surface area contributed by atoms with E-state index in [2.05, 4.69) is 10.5 Å². The van der Waals surface area contributed by atoms with E-state index in [-0.39, 0.29) is 0 Å². The zero-order valence-corrected chi connectivity index (χ0v) is 10.8. The van der Waals surface area contributed by atoms with Gasteiger partial charge in [-0.05, 0) is 44.8 Å². The third-order valence-electron chi connectivity index (χ3n) is 2.95. The van der Waals surface area contributed by atoms with Crippen molar-refractivity contribution in [1.29, 1.82) is 0 Å². The number of nitrogens with zero attached hydrogens (tertiary/aromatic N) is 1. The first-order valence-electron chi connectivity index (χ1n) is 5.67. The molecule has 1 atom stereocenters. The molecule has 0 aliphatic carbocycles. The lowest BCUT2D eigenvalue weighted by atomic mass is 9.96. The molecule has 0 spiro atoms. The van der Waals surface area contributed by atoms with Gasteiger partial charge in [-0.3, -0.25) is 0 Å². The normalized spacial score (nSPS) is 26.1. The second kappa shape index (κ2) is 6.27. The summed E-state index contributed by atoms with van der Waals surface area (Å²) < 4.78 is 11.0. The molecular formula is C11H21N3OS. The van der Waals surface area contributed by atoms with Crippen LogP contribution in [-0.2, 0) is 11.4 Å². The maximum atomic E-state index is 11.5. The number of hydrogen-bond donors (Lipinski definition) is 2. The van der Waals surface area contributed by atoms with E-state index in [0.717, 1.165) is 37.8 Å². The Labute approximate surface area is 101 Å². The fourth-order valence-corrected chi connectivity index (χ4v) is 2.08. The third kappa shape index (κ3) is 3.81. The first-order valence-corrected chi connectivity index (χ1v) is 6.88. The molecule has 0 saturated carbocycles. The minimum absolute atomic E-state index is 0.467. The highest BCUT2D eigenvalue weighted by atomic mass is 32.2. The molecule has 5 heteroatoms. The Morgan fingerprint density at radius 3 is 2.88 bits per heavy atom. The number of hydrogen-bond acceptors (Lipinski definition) is 4. The molecular weight excluding hydrogens is 222 g/mol. The molecule has 0 unspecified atom stereocenters. The van der Waals surface area contributed by atoms with E-state index in [1.807, 2.05) is 19.9 Å². The largest absolute Gasteiger partial charge is 0.598 e. The number of rotatable bonds is 2. The predicted molar refractivity (Wildman–Crippen MR) is 69.5 cm³/mol. The van der Waals surface area contributed by atoms with Gasteiger partial charge in [0.2, 0.25) is 0 Å². The van der Waals surface area contributed by atoms with Gasteiger partial charge in [0.1, 0.15) is 0 Å². The summed E-state index contributed by atoms with van der Waals surface area (Å²) in [6.45, 7) is 4.76. The van der Waals surface area contributed by atoms with Gasteiger partial charge < -0.3 is 9.98 Å². The molecule has 1 aliphatic rings. The fourth-order valence-electron chi connectivity index (χ4n) is 1.66. The number of nitrogens with one attached hydrogen (secondary N) is 1. The molecule has 1 heterocycles. The highest BCUT2D eigenvalue weighted by Gasteiger charge is 2.33. The van der Waals surface area contributed by atoms with Gasteiger partial charge in [-0.1, -0.05) is 6.42 Å². The van der Waals surface area contributed by atoms with Crippen LogP contribution >= 0.6 is 0 Å². The van der Waals surface area contributed by atoms with Gasteiger partial charge in [0.25, 0.3) is 0 Å². The number of allylic oxidation sites excluding steroid dienone is 1. The minimum Gasteiger partial charge on any atom is -0.598 e. The van der Waals surface area contributed by atoms with Crippen molar-refractivity contribution < 1.29 is 4.55 Å². The highest BCUT2D eigenvalue weighted by Crippen LogP contribution is 2.28. The average Bonchev–Trinajstić information content (AvgIpc) is 2.25. The number of hydrazone groups is 1. The molecule has 4 nitrogen and oxygen atoms in total. The summed E-state index contributed by atoms with van der Waals surface area (Å²) >= 11 is -1.35. The van der Waals surface area contributed by atoms with E-state index >= 15 is 0 Å². The van der Waals surface area contributed by atoms with Crippen LogP contribution in [0.3, 0.4) is 0 Å². The van der Waals surface area contributed by atoms with Gasteiger partial charge in [0.05, 0.1) is 0 Å². The van der Waals surface area contributed by atoms with Gasteiger partial charge in [-0.25, -0.2) is 0 Å². The van der Waals surface area contributed by atoms with Gasteiger partial charge in [-0.2, -0.15) is 10.2 Å². The van der Waals surface area contributed by atoms with E-state index in [4.69, 9.17) is 5.14 Å². The van der Waals surface area contributed by atoms with Crippen molar-refractivity contribution in [2.45, 2.75) is 44.3 Å². The summed E-state index contributed by atoms with van der Waals surface area (Å²) in [5.74, 6) is 0. The molecule has 1 aliphatic heterocycles. The van der Waals surface area contributed by atoms with E-state index in [9.17, 15) is 4.55 Å². The Bertz CT molecular complexity index is 274. The number of nitrogens with two attached hydrogens (primary N) is 1. The molecule has 0 aromatic rings. The zero-order valence-electron chi connectivity index (χ0n) is 10.0. The standard InChI is InChI=1S/C11H21N3OS/c1-11(2,16(12)15)10-6-4-3-5-8-13-14-9-7-10/h7,9,13H,3-6,8,12H2,1-2H3/b10-7+,14-9-/t16-/m1/s1. The lowest BCUT2D eigenvalue weighted by molar-refractivity contribution is 0.554. The van der Waals surface area contributed by atoms with Crippen molar-refractivity contribution in [3.05, 3.63) is 11.6 Å². The lowest BCUT2D eigenvalue weighted by Crippen LogP contribution is -2.39. The summed E-state index contributed by atoms with van der Waals surface area (Å²) in [5, 5.41) is 9.60. The van der Waals surface area contributed by atoms with Gasteiger partial charge in [0, 0.05) is 24.1 Å². The smallest absolute Gasteiger partial charge is 0.160 e. The van der Waals surface area contributed by atoms with Crippen molar-refractivity contribution in [3.8, 4) is 0 Å². The van der Waals surface area contributed by atoms with Crippen molar-refractivity contribution in [3.63, 3.8) is 0 Å². The average molecular weight is 243 g/mol. The minimum atomic E-state index is -1.35. The van der Waals surface area contributed by atoms with Crippen molar-refractivity contribution >= 4 is 17.6 Å². The Balaban J connectivity index is 2.79. The quantitative estimate of drug-likeness (QED) is 0.721. The maximum Gasteiger partial charge on any atom is 0.160 e. The van der Waals surface area contributed by atoms with E-state index in [0.29, 0.717) is 0 Å². The van der Waals surface area contributed by atoms with Crippen LogP contribution in [0.4, 0.5) is 0 Å². The molecule has 0 bridgehead atoms. The van der Waals surface area contributed by atoms with E-state index in [1.165, 1.54) is 0 Å². The summed E-state index contributed by atoms with van der Waals surface area (Å²) in [7, 11) is 0. The molecule has 3 N–H and O–H groups in total. The van der Waals surface area contributed by atoms with Crippen LogP contribution in [0.1, 0.15) is 39.5 Å². The van der Waals surface area contributed by atoms with Crippen LogP contribution in [0.25, 0.3) is 0 Å². The summed E-state index contributed by atoms with van der Waals surface area (Å²) in [6.07, 6.45) is 8.01. The molecule has 0 saturated heterocycles. The first-order chi connectivity index (χ1) is 7.55. The van der Waals surface area contributed by atoms with Crippen LogP contribution in [0.15, 0.2) is 16.8 Å². The molecule has 0 radical (unpaired) electrons. The van der Waals surface area contributed by atoms with Gasteiger partial charge in [-0.15, -0.1) is 0 Å². The topological polar surface area (TPSA) is 73.5 Å². The Hall–Kier alpha value is -0.520. The van der Waals surface area contributed by atoms with Gasteiger partial charge >= 0.3 is 0 Å². The first kappa shape index (κ1) is 13.5. The maximum absolute atomic E-state index is 11.5. The molecule has 92 valence electrons. The molecule has 16 heavy (non-hydrogen) atoms. The Morgan fingerprint density at radius 2 is 2.19 bits per heavy atom. The predicted octanol–water partition coefficient (Wildman–Crippen LogP) is 1.46. The van der Waals surface area contributed by atoms with E-state index < -0.39 is 16.1 Å². The monoisotopic (exact) mass is 243 g/mol. The lowest BCUT2D eigenvalue weighted by Gasteiger charge is -2.27. The van der Waals surface area contributed by atoms with Crippen molar-refractivity contribution in [1.82, 2.24) is 5.43 Å². The van der Waals surface area contributed by atoms with Crippen LogP contribution < -0.4 is 10.6 Å². The van der Waals surface area contributed by atoms with Crippen molar-refractivity contribution in [2.75, 3.05) is 6.54 Å². The highest BCUT2D eigenvalue weighted by molar-refractivity contribution is 7.90. The second-order valence-electron chi connectivity index (χ2n) is 4.50. The van der Waals surface area contributed by atoms with Crippen molar-refractivity contribution in [2.24, 2.45) is 10.2 Å². The Kier molecular flexibility index (Phi) is 5.31. The Morgan fingerprint density at radius 1 is 1.44 bits per heavy atom. The fraction of sp³-hybridized carbons (Fsp3) is 0.727. The van der Waals surface area contributed by atoms with E-state index in [1.54, 1.807) is 6.21 Å². The van der Waals surface area contributed by atoms with Gasteiger partial charge in [0.15, 0.2) is 4.75 Å². The van der Waals surface area contributed by atoms with Crippen LogP contribution in [-0.4, -0.2) is 22.1 Å².